The first-order chi connectivity index (χ1) is 14.4. The highest BCUT2D eigenvalue weighted by atomic mass is 16.5. The first-order valence-electron chi connectivity index (χ1n) is 9.98. The van der Waals surface area contributed by atoms with Crippen LogP contribution in [0.1, 0.15) is 25.3 Å². The lowest BCUT2D eigenvalue weighted by Gasteiger charge is -2.26. The Morgan fingerprint density at radius 1 is 1.23 bits per heavy atom. The quantitative estimate of drug-likeness (QED) is 0.653. The number of carbonyl (C=O) groups is 1. The summed E-state index contributed by atoms with van der Waals surface area (Å²) in [5.41, 5.74) is 3.95. The number of rotatable bonds is 5. The van der Waals surface area contributed by atoms with E-state index in [1.807, 2.05) is 36.6 Å². The van der Waals surface area contributed by atoms with Crippen molar-refractivity contribution in [2.75, 3.05) is 12.4 Å². The number of allylic oxidation sites excluding steroid dienone is 2. The number of fused-ring (bicyclic) bond motifs is 1. The maximum Gasteiger partial charge on any atom is 0.237 e. The van der Waals surface area contributed by atoms with Gasteiger partial charge in [-0.05, 0) is 38.0 Å². The topological polar surface area (TPSA) is 80.9 Å². The van der Waals surface area contributed by atoms with E-state index < -0.39 is 0 Å². The van der Waals surface area contributed by atoms with Crippen LogP contribution in [-0.4, -0.2) is 33.8 Å². The summed E-state index contributed by atoms with van der Waals surface area (Å²) in [6.45, 7) is 4.13. The smallest absolute Gasteiger partial charge is 0.237 e. The molecule has 1 fully saturated rings. The molecule has 2 aromatic heterocycles. The first-order valence-corrected chi connectivity index (χ1v) is 9.98. The van der Waals surface area contributed by atoms with E-state index in [0.717, 1.165) is 29.8 Å². The van der Waals surface area contributed by atoms with Gasteiger partial charge in [-0.1, -0.05) is 5.10 Å². The summed E-state index contributed by atoms with van der Waals surface area (Å²) in [4.78, 5) is 16.4. The molecule has 1 aliphatic heterocycles. The summed E-state index contributed by atoms with van der Waals surface area (Å²) in [7, 11) is 2.05. The van der Waals surface area contributed by atoms with Crippen molar-refractivity contribution in [3.8, 4) is 11.6 Å². The van der Waals surface area contributed by atoms with Gasteiger partial charge in [-0.3, -0.25) is 4.79 Å². The van der Waals surface area contributed by atoms with Crippen molar-refractivity contribution >= 4 is 29.3 Å². The molecule has 1 saturated carbocycles. The molecule has 1 N–H and O–H groups in total. The molecule has 1 aliphatic carbocycles. The van der Waals surface area contributed by atoms with Crippen molar-refractivity contribution in [1.82, 2.24) is 19.2 Å². The molecule has 1 amide bonds. The van der Waals surface area contributed by atoms with Gasteiger partial charge in [-0.25, -0.2) is 9.50 Å². The van der Waals surface area contributed by atoms with E-state index in [2.05, 4.69) is 41.4 Å². The normalized spacial score (nSPS) is 20.4. The third-order valence-corrected chi connectivity index (χ3v) is 5.67. The third-order valence-electron chi connectivity index (χ3n) is 5.67. The third kappa shape index (κ3) is 3.25. The summed E-state index contributed by atoms with van der Waals surface area (Å²) in [6.07, 6.45) is 7.44. The van der Waals surface area contributed by atoms with Crippen molar-refractivity contribution < 1.29 is 9.53 Å². The van der Waals surface area contributed by atoms with Crippen LogP contribution in [0, 0.1) is 12.8 Å². The monoisotopic (exact) mass is 403 g/mol. The van der Waals surface area contributed by atoms with Crippen LogP contribution in [0.3, 0.4) is 0 Å². The number of nitrogens with one attached hydrogen (secondary N) is 1. The fraction of sp³-hybridized carbons (Fsp3) is 0.273. The lowest BCUT2D eigenvalue weighted by atomic mass is 10.1. The Morgan fingerprint density at radius 3 is 2.80 bits per heavy atom. The number of hydrogen-bond donors (Lipinski definition) is 1. The fourth-order valence-electron chi connectivity index (χ4n) is 3.56. The molecule has 3 aromatic rings. The zero-order valence-corrected chi connectivity index (χ0v) is 17.2. The van der Waals surface area contributed by atoms with Crippen LogP contribution in [0.15, 0.2) is 53.4 Å². The molecule has 1 unspecified atom stereocenters. The number of quaternary nitrogens is 1. The number of hydrogen-bond acceptors (Lipinski definition) is 5. The molecule has 2 aliphatic rings. The second-order valence-corrected chi connectivity index (χ2v) is 7.95. The van der Waals surface area contributed by atoms with Crippen molar-refractivity contribution in [1.29, 1.82) is 0 Å². The standard InChI is InChI=1S/C22H22N6O2/c1-14-4-7-17(12-18(14)28(3)15(2)10-11-23-28)30-21-9-8-20-24-19(13-27(20)26-21)25-22(29)16-5-6-16/h4,7-13,16H,5-6H2,1-3H3/p+1. The van der Waals surface area contributed by atoms with Gasteiger partial charge in [0.15, 0.2) is 17.2 Å². The Balaban J connectivity index is 1.40. The van der Waals surface area contributed by atoms with E-state index in [-0.39, 0.29) is 11.8 Å². The zero-order chi connectivity index (χ0) is 20.9. The Hall–Kier alpha value is -3.52. The lowest BCUT2D eigenvalue weighted by molar-refractivity contribution is -0.117. The van der Waals surface area contributed by atoms with Gasteiger partial charge in [0.25, 0.3) is 0 Å². The predicted molar refractivity (Wildman–Crippen MR) is 116 cm³/mol. The Morgan fingerprint density at radius 2 is 2.07 bits per heavy atom. The molecule has 0 radical (unpaired) electrons. The van der Waals surface area contributed by atoms with E-state index >= 15 is 0 Å². The van der Waals surface area contributed by atoms with Gasteiger partial charge in [0, 0.05) is 36.6 Å². The van der Waals surface area contributed by atoms with Crippen LogP contribution in [0.25, 0.3) is 5.65 Å². The van der Waals surface area contributed by atoms with Gasteiger partial charge in [-0.15, -0.1) is 9.69 Å². The van der Waals surface area contributed by atoms with Gasteiger partial charge in [-0.2, -0.15) is 0 Å². The van der Waals surface area contributed by atoms with E-state index in [4.69, 9.17) is 4.74 Å². The van der Waals surface area contributed by atoms with Crippen LogP contribution in [0.4, 0.5) is 11.5 Å². The van der Waals surface area contributed by atoms with E-state index in [1.54, 1.807) is 16.8 Å². The fourth-order valence-corrected chi connectivity index (χ4v) is 3.56. The molecule has 0 bridgehead atoms. The van der Waals surface area contributed by atoms with Gasteiger partial charge < -0.3 is 10.1 Å². The van der Waals surface area contributed by atoms with E-state index in [0.29, 0.717) is 27.7 Å². The average molecular weight is 403 g/mol. The minimum absolute atomic E-state index is 0.0209. The maximum absolute atomic E-state index is 12.0. The van der Waals surface area contributed by atoms with Gasteiger partial charge >= 0.3 is 0 Å². The molecule has 1 aromatic carbocycles. The largest absolute Gasteiger partial charge is 0.437 e. The number of carbonyl (C=O) groups excluding carboxylic acids is 1. The Labute approximate surface area is 174 Å². The number of aryl methyl sites for hydroxylation is 1. The summed E-state index contributed by atoms with van der Waals surface area (Å²) in [6, 6.07) is 9.53. The van der Waals surface area contributed by atoms with Crippen LogP contribution >= 0.6 is 0 Å². The molecule has 5 rings (SSSR count). The number of nitrogens with zero attached hydrogens (tertiary/aromatic N) is 5. The molecule has 3 heterocycles. The molecule has 152 valence electrons. The number of aromatic nitrogens is 3. The minimum Gasteiger partial charge on any atom is -0.437 e. The number of amides is 1. The molecular formula is C22H23N6O2+. The van der Waals surface area contributed by atoms with Crippen LogP contribution < -0.4 is 14.6 Å². The Bertz CT molecular complexity index is 1220. The number of benzene rings is 1. The summed E-state index contributed by atoms with van der Waals surface area (Å²) < 4.78 is 8.02. The predicted octanol–water partition coefficient (Wildman–Crippen LogP) is 4.02. The molecule has 0 saturated heterocycles. The van der Waals surface area contributed by atoms with Crippen molar-refractivity contribution in [2.24, 2.45) is 11.0 Å². The molecule has 1 atom stereocenters. The SMILES string of the molecule is CC1=CC=N[N+]1(C)c1cc(Oc2ccc3nc(NC(=O)C4CC4)cn3n2)ccc1C. The maximum atomic E-state index is 12.0. The highest BCUT2D eigenvalue weighted by Crippen LogP contribution is 2.36. The minimum atomic E-state index is 0.0209. The van der Waals surface area contributed by atoms with Crippen LogP contribution in [0.2, 0.25) is 0 Å². The van der Waals surface area contributed by atoms with Gasteiger partial charge in [0.1, 0.15) is 18.5 Å². The highest BCUT2D eigenvalue weighted by Gasteiger charge is 2.33. The second-order valence-electron chi connectivity index (χ2n) is 7.95. The number of ether oxygens (including phenoxy) is 1. The number of imidazole rings is 1. The van der Waals surface area contributed by atoms with Crippen molar-refractivity contribution in [3.05, 3.63) is 53.9 Å². The number of anilines is 1. The van der Waals surface area contributed by atoms with Crippen molar-refractivity contribution in [3.63, 3.8) is 0 Å². The second kappa shape index (κ2) is 6.77. The highest BCUT2D eigenvalue weighted by molar-refractivity contribution is 5.93. The van der Waals surface area contributed by atoms with Gasteiger partial charge in [0.05, 0.1) is 12.4 Å². The summed E-state index contributed by atoms with van der Waals surface area (Å²) in [5.74, 6) is 1.77. The van der Waals surface area contributed by atoms with E-state index in [1.165, 1.54) is 0 Å². The lowest BCUT2D eigenvalue weighted by Crippen LogP contribution is -2.35. The summed E-state index contributed by atoms with van der Waals surface area (Å²) >= 11 is 0. The molecule has 8 nitrogen and oxygen atoms in total. The van der Waals surface area contributed by atoms with Gasteiger partial charge in [0.2, 0.25) is 11.8 Å². The first kappa shape index (κ1) is 18.5. The molecule has 0 spiro atoms. The zero-order valence-electron chi connectivity index (χ0n) is 17.2. The van der Waals surface area contributed by atoms with Crippen LogP contribution in [0.5, 0.6) is 11.6 Å². The van der Waals surface area contributed by atoms with Crippen LogP contribution in [-0.2, 0) is 4.79 Å². The van der Waals surface area contributed by atoms with E-state index in [9.17, 15) is 4.79 Å². The average Bonchev–Trinajstić information content (AvgIpc) is 3.42. The van der Waals surface area contributed by atoms with Crippen molar-refractivity contribution in [2.45, 2.75) is 26.7 Å². The molecule has 30 heavy (non-hydrogen) atoms. The Kier molecular flexibility index (Phi) is 4.18. The molecular weight excluding hydrogens is 380 g/mol. The summed E-state index contributed by atoms with van der Waals surface area (Å²) in [5, 5.41) is 11.9. The molecule has 8 heteroatoms.